The minimum Gasteiger partial charge on any atom is -0.401 e. The summed E-state index contributed by atoms with van der Waals surface area (Å²) in [6.45, 7) is 4.41. The van der Waals surface area contributed by atoms with E-state index in [4.69, 9.17) is 5.73 Å². The van der Waals surface area contributed by atoms with Crippen LogP contribution in [0.1, 0.15) is 19.8 Å². The smallest absolute Gasteiger partial charge is 0.0243 e. The Morgan fingerprint density at radius 2 is 2.56 bits per heavy atom. The van der Waals surface area contributed by atoms with Gasteiger partial charge in [-0.25, -0.2) is 0 Å². The van der Waals surface area contributed by atoms with Crippen molar-refractivity contribution in [1.82, 2.24) is 4.90 Å². The zero-order valence-corrected chi connectivity index (χ0v) is 5.93. The van der Waals surface area contributed by atoms with Crippen molar-refractivity contribution < 1.29 is 0 Å². The van der Waals surface area contributed by atoms with Crippen LogP contribution in [0.4, 0.5) is 0 Å². The van der Waals surface area contributed by atoms with E-state index in [9.17, 15) is 0 Å². The molecule has 0 saturated heterocycles. The van der Waals surface area contributed by atoms with Crippen LogP contribution in [0.2, 0.25) is 0 Å². The third-order valence-electron chi connectivity index (χ3n) is 1.67. The second-order valence-corrected chi connectivity index (χ2v) is 2.44. The molecule has 1 aliphatic heterocycles. The van der Waals surface area contributed by atoms with Gasteiger partial charge in [0.05, 0.1) is 0 Å². The van der Waals surface area contributed by atoms with E-state index in [-0.39, 0.29) is 0 Å². The molecule has 0 aliphatic carbocycles. The molecule has 1 heterocycles. The maximum atomic E-state index is 5.62. The van der Waals surface area contributed by atoms with E-state index in [1.807, 2.05) is 0 Å². The van der Waals surface area contributed by atoms with Crippen molar-refractivity contribution >= 4 is 0 Å². The molecule has 0 amide bonds. The molecule has 9 heavy (non-hydrogen) atoms. The topological polar surface area (TPSA) is 29.3 Å². The molecule has 0 fully saturated rings. The highest BCUT2D eigenvalue weighted by molar-refractivity contribution is 4.99. The summed E-state index contributed by atoms with van der Waals surface area (Å²) in [7, 11) is 0. The number of nitrogens with zero attached hydrogens (tertiary/aromatic N) is 1. The molecular formula is C7H14N2. The van der Waals surface area contributed by atoms with Crippen molar-refractivity contribution in [3.63, 3.8) is 0 Å². The quantitative estimate of drug-likeness (QED) is 0.565. The Morgan fingerprint density at radius 3 is 3.00 bits per heavy atom. The van der Waals surface area contributed by atoms with E-state index in [2.05, 4.69) is 18.0 Å². The van der Waals surface area contributed by atoms with E-state index in [1.54, 1.807) is 0 Å². The third-order valence-corrected chi connectivity index (χ3v) is 1.67. The molecule has 1 rings (SSSR count). The summed E-state index contributed by atoms with van der Waals surface area (Å²) < 4.78 is 0. The van der Waals surface area contributed by atoms with Gasteiger partial charge >= 0.3 is 0 Å². The molecule has 2 heteroatoms. The lowest BCUT2D eigenvalue weighted by atomic mass is 10.2. The van der Waals surface area contributed by atoms with Crippen LogP contribution in [0.25, 0.3) is 0 Å². The van der Waals surface area contributed by atoms with Crippen molar-refractivity contribution in [2.75, 3.05) is 13.1 Å². The number of hydrogen-bond acceptors (Lipinski definition) is 2. The molecule has 0 aromatic heterocycles. The van der Waals surface area contributed by atoms with Gasteiger partial charge in [0, 0.05) is 25.0 Å². The summed E-state index contributed by atoms with van der Waals surface area (Å²) in [5.41, 5.74) is 6.65. The molecule has 0 bridgehead atoms. The molecule has 0 spiro atoms. The standard InChI is InChI=1S/C7H14N2/c1-2-9-5-3-4-7(8)6-9/h6H,2-5,8H2,1H3. The lowest BCUT2D eigenvalue weighted by Crippen LogP contribution is -2.24. The van der Waals surface area contributed by atoms with E-state index in [0.29, 0.717) is 0 Å². The molecule has 0 radical (unpaired) electrons. The van der Waals surface area contributed by atoms with Gasteiger partial charge in [0.15, 0.2) is 0 Å². The van der Waals surface area contributed by atoms with Crippen molar-refractivity contribution in [3.8, 4) is 0 Å². The van der Waals surface area contributed by atoms with Gasteiger partial charge in [-0.15, -0.1) is 0 Å². The van der Waals surface area contributed by atoms with Crippen molar-refractivity contribution in [3.05, 3.63) is 11.9 Å². The minimum atomic E-state index is 1.03. The van der Waals surface area contributed by atoms with Gasteiger partial charge in [-0.2, -0.15) is 0 Å². The van der Waals surface area contributed by atoms with Gasteiger partial charge in [-0.1, -0.05) is 0 Å². The van der Waals surface area contributed by atoms with Crippen molar-refractivity contribution in [1.29, 1.82) is 0 Å². The van der Waals surface area contributed by atoms with Crippen LogP contribution in [0.3, 0.4) is 0 Å². The van der Waals surface area contributed by atoms with E-state index < -0.39 is 0 Å². The Bertz CT molecular complexity index is 118. The second-order valence-electron chi connectivity index (χ2n) is 2.44. The van der Waals surface area contributed by atoms with E-state index in [0.717, 1.165) is 18.7 Å². The Kier molecular flexibility index (Phi) is 1.98. The number of hydrogen-bond donors (Lipinski definition) is 1. The maximum Gasteiger partial charge on any atom is 0.0243 e. The summed E-state index contributed by atoms with van der Waals surface area (Å²) in [4.78, 5) is 2.25. The SMILES string of the molecule is CCN1C=C(N)CCC1. The van der Waals surface area contributed by atoms with E-state index >= 15 is 0 Å². The summed E-state index contributed by atoms with van der Waals surface area (Å²) in [5, 5.41) is 0. The lowest BCUT2D eigenvalue weighted by molar-refractivity contribution is 0.365. The van der Waals surface area contributed by atoms with Crippen molar-refractivity contribution in [2.24, 2.45) is 5.73 Å². The predicted octanol–water partition coefficient (Wildman–Crippen LogP) is 0.902. The van der Waals surface area contributed by atoms with Gasteiger partial charge < -0.3 is 10.6 Å². The number of allylic oxidation sites excluding steroid dienone is 1. The van der Waals surface area contributed by atoms with Crippen LogP contribution in [-0.4, -0.2) is 18.0 Å². The van der Waals surface area contributed by atoms with Crippen LogP contribution in [0, 0.1) is 0 Å². The van der Waals surface area contributed by atoms with E-state index in [1.165, 1.54) is 13.0 Å². The summed E-state index contributed by atoms with van der Waals surface area (Å²) in [6.07, 6.45) is 4.36. The third kappa shape index (κ3) is 1.63. The van der Waals surface area contributed by atoms with Crippen LogP contribution in [-0.2, 0) is 0 Å². The molecule has 0 saturated carbocycles. The molecule has 1 aliphatic rings. The van der Waals surface area contributed by atoms with Gasteiger partial charge in [0.2, 0.25) is 0 Å². The molecule has 0 aromatic carbocycles. The molecule has 52 valence electrons. The second kappa shape index (κ2) is 2.76. The first-order chi connectivity index (χ1) is 4.33. The number of rotatable bonds is 1. The van der Waals surface area contributed by atoms with Crippen molar-refractivity contribution in [2.45, 2.75) is 19.8 Å². The van der Waals surface area contributed by atoms with Gasteiger partial charge in [-0.3, -0.25) is 0 Å². The van der Waals surface area contributed by atoms with Crippen LogP contribution >= 0.6 is 0 Å². The summed E-state index contributed by atoms with van der Waals surface area (Å²) in [5.74, 6) is 0. The van der Waals surface area contributed by atoms with Crippen LogP contribution in [0.15, 0.2) is 11.9 Å². The van der Waals surface area contributed by atoms with Gasteiger partial charge in [0.25, 0.3) is 0 Å². The molecule has 0 atom stereocenters. The summed E-state index contributed by atoms with van der Waals surface area (Å²) in [6, 6.07) is 0. The first-order valence-electron chi connectivity index (χ1n) is 3.53. The minimum absolute atomic E-state index is 1.03. The average molecular weight is 126 g/mol. The van der Waals surface area contributed by atoms with Gasteiger partial charge in [-0.05, 0) is 19.8 Å². The predicted molar refractivity (Wildman–Crippen MR) is 38.8 cm³/mol. The Balaban J connectivity index is 2.47. The fourth-order valence-electron chi connectivity index (χ4n) is 1.10. The Hall–Kier alpha value is -0.660. The molecule has 2 nitrogen and oxygen atoms in total. The highest BCUT2D eigenvalue weighted by Gasteiger charge is 2.03. The zero-order valence-electron chi connectivity index (χ0n) is 5.93. The Morgan fingerprint density at radius 1 is 1.78 bits per heavy atom. The van der Waals surface area contributed by atoms with Crippen LogP contribution < -0.4 is 5.73 Å². The number of nitrogens with two attached hydrogens (primary N) is 1. The zero-order chi connectivity index (χ0) is 6.69. The van der Waals surface area contributed by atoms with Gasteiger partial charge in [0.1, 0.15) is 0 Å². The normalized spacial score (nSPS) is 19.7. The highest BCUT2D eigenvalue weighted by Crippen LogP contribution is 2.08. The molecule has 0 unspecified atom stereocenters. The first-order valence-corrected chi connectivity index (χ1v) is 3.53. The first kappa shape index (κ1) is 6.46. The van der Waals surface area contributed by atoms with Crippen LogP contribution in [0.5, 0.6) is 0 Å². The molecule has 0 aromatic rings. The Labute approximate surface area is 56.3 Å². The fraction of sp³-hybridized carbons (Fsp3) is 0.714. The lowest BCUT2D eigenvalue weighted by Gasteiger charge is -2.23. The monoisotopic (exact) mass is 126 g/mol. The summed E-state index contributed by atoms with van der Waals surface area (Å²) >= 11 is 0. The maximum absolute atomic E-state index is 5.62. The largest absolute Gasteiger partial charge is 0.401 e. The average Bonchev–Trinajstić information content (AvgIpc) is 1.88. The molecular weight excluding hydrogens is 112 g/mol. The molecule has 2 N–H and O–H groups in total. The fourth-order valence-corrected chi connectivity index (χ4v) is 1.10. The highest BCUT2D eigenvalue weighted by atomic mass is 15.1.